The van der Waals surface area contributed by atoms with Crippen LogP contribution in [0.5, 0.6) is 17.2 Å². The fourth-order valence-electron chi connectivity index (χ4n) is 1.71. The average molecular weight is 239 g/mol. The first-order valence-corrected chi connectivity index (χ1v) is 5.56. The molecule has 1 aliphatic rings. The summed E-state index contributed by atoms with van der Waals surface area (Å²) in [4.78, 5) is 0. The lowest BCUT2D eigenvalue weighted by atomic mass is 10.2. The minimum atomic E-state index is -0.356. The molecule has 5 heteroatoms. The highest BCUT2D eigenvalue weighted by molar-refractivity contribution is 5.55. The zero-order chi connectivity index (χ0) is 12.3. The van der Waals surface area contributed by atoms with Gasteiger partial charge in [-0.25, -0.2) is 0 Å². The van der Waals surface area contributed by atoms with Gasteiger partial charge in [0.2, 0.25) is 12.5 Å². The highest BCUT2D eigenvalue weighted by atomic mass is 16.7. The van der Waals surface area contributed by atoms with Gasteiger partial charge in [-0.3, -0.25) is 0 Å². The second kappa shape index (κ2) is 5.25. The first-order valence-electron chi connectivity index (χ1n) is 5.56. The summed E-state index contributed by atoms with van der Waals surface area (Å²) in [6, 6.07) is 3.82. The molecule has 0 radical (unpaired) electrons. The van der Waals surface area contributed by atoms with Crippen molar-refractivity contribution in [3.63, 3.8) is 0 Å². The fourth-order valence-corrected chi connectivity index (χ4v) is 1.71. The number of hydrogen-bond donors (Lipinski definition) is 2. The Bertz CT molecular complexity index is 392. The summed E-state index contributed by atoms with van der Waals surface area (Å²) in [5, 5.41) is 12.3. The van der Waals surface area contributed by atoms with E-state index in [4.69, 9.17) is 19.3 Å². The van der Waals surface area contributed by atoms with Crippen molar-refractivity contribution in [3.8, 4) is 17.2 Å². The average Bonchev–Trinajstić information content (AvgIpc) is 2.75. The predicted molar refractivity (Wildman–Crippen MR) is 62.5 cm³/mol. The summed E-state index contributed by atoms with van der Waals surface area (Å²) in [6.07, 6.45) is -0.356. The molecule has 1 aromatic carbocycles. The molecule has 1 aliphatic heterocycles. The number of methoxy groups -OCH3 is 1. The summed E-state index contributed by atoms with van der Waals surface area (Å²) < 4.78 is 15.9. The van der Waals surface area contributed by atoms with E-state index < -0.39 is 0 Å². The third kappa shape index (κ3) is 2.81. The van der Waals surface area contributed by atoms with Crippen molar-refractivity contribution < 1.29 is 19.3 Å². The molecule has 0 spiro atoms. The van der Waals surface area contributed by atoms with Crippen molar-refractivity contribution in [1.82, 2.24) is 5.32 Å². The van der Waals surface area contributed by atoms with E-state index in [9.17, 15) is 0 Å². The number of nitrogens with one attached hydrogen (secondary N) is 1. The molecule has 2 rings (SSSR count). The lowest BCUT2D eigenvalue weighted by Crippen LogP contribution is -2.23. The van der Waals surface area contributed by atoms with Crippen LogP contribution in [0.4, 0.5) is 0 Å². The molecule has 0 fully saturated rings. The van der Waals surface area contributed by atoms with Gasteiger partial charge in [0.15, 0.2) is 11.5 Å². The summed E-state index contributed by atoms with van der Waals surface area (Å²) in [5.74, 6) is 2.04. The lowest BCUT2D eigenvalue weighted by Gasteiger charge is -2.10. The Kier molecular flexibility index (Phi) is 3.71. The lowest BCUT2D eigenvalue weighted by molar-refractivity contribution is 0.171. The number of ether oxygens (including phenoxy) is 3. The SMILES string of the molecule is COc1cc(CNCC(C)O)cc2c1OCO2. The van der Waals surface area contributed by atoms with Crippen LogP contribution in [-0.2, 0) is 6.54 Å². The molecule has 1 unspecified atom stereocenters. The van der Waals surface area contributed by atoms with E-state index in [1.54, 1.807) is 14.0 Å². The Morgan fingerprint density at radius 1 is 1.47 bits per heavy atom. The van der Waals surface area contributed by atoms with Crippen LogP contribution in [0.15, 0.2) is 12.1 Å². The highest BCUT2D eigenvalue weighted by Gasteiger charge is 2.19. The van der Waals surface area contributed by atoms with Crippen LogP contribution in [-0.4, -0.2) is 31.7 Å². The van der Waals surface area contributed by atoms with Gasteiger partial charge in [-0.05, 0) is 24.6 Å². The molecule has 2 N–H and O–H groups in total. The summed E-state index contributed by atoms with van der Waals surface area (Å²) in [5.41, 5.74) is 1.03. The van der Waals surface area contributed by atoms with Crippen molar-refractivity contribution in [2.45, 2.75) is 19.6 Å². The number of fused-ring (bicyclic) bond motifs is 1. The van der Waals surface area contributed by atoms with Crippen LogP contribution in [0, 0.1) is 0 Å². The van der Waals surface area contributed by atoms with Gasteiger partial charge in [-0.15, -0.1) is 0 Å². The summed E-state index contributed by atoms with van der Waals surface area (Å²) in [6.45, 7) is 3.18. The Morgan fingerprint density at radius 3 is 3.00 bits per heavy atom. The van der Waals surface area contributed by atoms with Crippen molar-refractivity contribution in [2.75, 3.05) is 20.4 Å². The van der Waals surface area contributed by atoms with E-state index in [2.05, 4.69) is 5.32 Å². The van der Waals surface area contributed by atoms with Crippen molar-refractivity contribution >= 4 is 0 Å². The molecule has 0 saturated carbocycles. The molecule has 0 aromatic heterocycles. The third-order valence-corrected chi connectivity index (χ3v) is 2.49. The predicted octanol–water partition coefficient (Wildman–Crippen LogP) is 0.894. The van der Waals surface area contributed by atoms with Crippen LogP contribution in [0.25, 0.3) is 0 Å². The molecule has 0 amide bonds. The summed E-state index contributed by atoms with van der Waals surface area (Å²) in [7, 11) is 1.60. The highest BCUT2D eigenvalue weighted by Crippen LogP contribution is 2.41. The van der Waals surface area contributed by atoms with E-state index in [1.165, 1.54) is 0 Å². The van der Waals surface area contributed by atoms with E-state index in [0.29, 0.717) is 30.3 Å². The Labute approximate surface area is 100 Å². The van der Waals surface area contributed by atoms with E-state index in [-0.39, 0.29) is 12.9 Å². The number of hydrogen-bond acceptors (Lipinski definition) is 5. The quantitative estimate of drug-likeness (QED) is 0.799. The molecular formula is C12H17NO4. The normalized spacial score (nSPS) is 14.8. The fraction of sp³-hybridized carbons (Fsp3) is 0.500. The number of aliphatic hydroxyl groups excluding tert-OH is 1. The Hall–Kier alpha value is -1.46. The van der Waals surface area contributed by atoms with Crippen LogP contribution in [0.1, 0.15) is 12.5 Å². The van der Waals surface area contributed by atoms with Crippen molar-refractivity contribution in [2.24, 2.45) is 0 Å². The molecule has 0 bridgehead atoms. The zero-order valence-corrected chi connectivity index (χ0v) is 10.0. The second-order valence-corrected chi connectivity index (χ2v) is 4.01. The summed E-state index contributed by atoms with van der Waals surface area (Å²) >= 11 is 0. The van der Waals surface area contributed by atoms with E-state index in [0.717, 1.165) is 5.56 Å². The Balaban J connectivity index is 2.08. The first-order chi connectivity index (χ1) is 8.20. The van der Waals surface area contributed by atoms with Crippen LogP contribution in [0.3, 0.4) is 0 Å². The molecule has 94 valence electrons. The smallest absolute Gasteiger partial charge is 0.231 e. The molecular weight excluding hydrogens is 222 g/mol. The number of benzene rings is 1. The van der Waals surface area contributed by atoms with Gasteiger partial charge in [0.05, 0.1) is 13.2 Å². The minimum Gasteiger partial charge on any atom is -0.493 e. The second-order valence-electron chi connectivity index (χ2n) is 4.01. The van der Waals surface area contributed by atoms with Gasteiger partial charge in [0.1, 0.15) is 0 Å². The van der Waals surface area contributed by atoms with Gasteiger partial charge in [0, 0.05) is 13.1 Å². The van der Waals surface area contributed by atoms with Crippen LogP contribution >= 0.6 is 0 Å². The monoisotopic (exact) mass is 239 g/mol. The number of rotatable bonds is 5. The number of aliphatic hydroxyl groups is 1. The molecule has 17 heavy (non-hydrogen) atoms. The molecule has 0 saturated heterocycles. The zero-order valence-electron chi connectivity index (χ0n) is 10.0. The van der Waals surface area contributed by atoms with Crippen LogP contribution in [0.2, 0.25) is 0 Å². The van der Waals surface area contributed by atoms with Crippen molar-refractivity contribution in [1.29, 1.82) is 0 Å². The van der Waals surface area contributed by atoms with Crippen molar-refractivity contribution in [3.05, 3.63) is 17.7 Å². The molecule has 0 aliphatic carbocycles. The standard InChI is InChI=1S/C12H17NO4/c1-8(14)5-13-6-9-3-10(15-2)12-11(4-9)16-7-17-12/h3-4,8,13-14H,5-7H2,1-2H3. The maximum absolute atomic E-state index is 9.15. The maximum Gasteiger partial charge on any atom is 0.231 e. The van der Waals surface area contributed by atoms with Gasteiger partial charge >= 0.3 is 0 Å². The maximum atomic E-state index is 9.15. The molecule has 5 nitrogen and oxygen atoms in total. The minimum absolute atomic E-state index is 0.232. The largest absolute Gasteiger partial charge is 0.493 e. The Morgan fingerprint density at radius 2 is 2.29 bits per heavy atom. The van der Waals surface area contributed by atoms with Gasteiger partial charge < -0.3 is 24.6 Å². The topological polar surface area (TPSA) is 60.0 Å². The first kappa shape index (κ1) is 12.0. The molecule has 1 atom stereocenters. The van der Waals surface area contributed by atoms with Gasteiger partial charge in [0.25, 0.3) is 0 Å². The molecule has 1 aromatic rings. The van der Waals surface area contributed by atoms with Crippen LogP contribution < -0.4 is 19.5 Å². The van der Waals surface area contributed by atoms with Gasteiger partial charge in [-0.2, -0.15) is 0 Å². The third-order valence-electron chi connectivity index (χ3n) is 2.49. The molecule has 1 heterocycles. The van der Waals surface area contributed by atoms with E-state index in [1.807, 2.05) is 12.1 Å². The van der Waals surface area contributed by atoms with E-state index >= 15 is 0 Å². The van der Waals surface area contributed by atoms with Gasteiger partial charge in [-0.1, -0.05) is 0 Å².